The van der Waals surface area contributed by atoms with E-state index in [0.29, 0.717) is 16.5 Å². The minimum atomic E-state index is -0.490. The molecule has 174 valence electrons. The molecule has 2 N–H and O–H groups in total. The summed E-state index contributed by atoms with van der Waals surface area (Å²) in [5, 5.41) is 37.2. The van der Waals surface area contributed by atoms with E-state index in [-0.39, 0.29) is 34.3 Å². The number of azo groups is 1. The summed E-state index contributed by atoms with van der Waals surface area (Å²) in [7, 11) is 0. The van der Waals surface area contributed by atoms with Gasteiger partial charge in [-0.05, 0) is 41.5 Å². The average molecular weight is 474 g/mol. The first kappa shape index (κ1) is 22.4. The lowest BCUT2D eigenvalue weighted by Gasteiger charge is -2.13. The van der Waals surface area contributed by atoms with E-state index >= 15 is 0 Å². The lowest BCUT2D eigenvalue weighted by atomic mass is 10.0. The van der Waals surface area contributed by atoms with Crippen LogP contribution in [0.25, 0.3) is 16.7 Å². The molecule has 0 unspecified atom stereocenters. The van der Waals surface area contributed by atoms with Gasteiger partial charge in [-0.25, -0.2) is 9.97 Å². The summed E-state index contributed by atoms with van der Waals surface area (Å²) in [4.78, 5) is 21.6. The quantitative estimate of drug-likeness (QED) is 0.328. The van der Waals surface area contributed by atoms with Crippen LogP contribution in [0, 0.1) is 18.3 Å². The van der Waals surface area contributed by atoms with Gasteiger partial charge in [-0.1, -0.05) is 42.5 Å². The standard InChI is InChI=1S/C26H18N8O2/c1-16-7-2-5-10-20(16)31-25(36)22-19-9-4-3-8-17(19)13-21(23(22)35)32-33-24-18(14-27)15-30-34(24)26-28-11-6-12-29-26/h2-13,15,35H,1H3,(H,31,36). The third kappa shape index (κ3) is 4.12. The van der Waals surface area contributed by atoms with Gasteiger partial charge in [0.25, 0.3) is 11.9 Å². The number of aromatic hydroxyl groups is 1. The molecular weight excluding hydrogens is 456 g/mol. The average Bonchev–Trinajstić information content (AvgIpc) is 3.32. The zero-order chi connectivity index (χ0) is 25.1. The Bertz CT molecular complexity index is 1670. The molecule has 2 heterocycles. The molecule has 0 saturated heterocycles. The molecule has 2 aromatic heterocycles. The molecule has 1 amide bonds. The zero-order valence-electron chi connectivity index (χ0n) is 19.0. The van der Waals surface area contributed by atoms with E-state index in [9.17, 15) is 15.2 Å². The first-order chi connectivity index (χ1) is 17.6. The summed E-state index contributed by atoms with van der Waals surface area (Å²) >= 11 is 0. The maximum Gasteiger partial charge on any atom is 0.260 e. The summed E-state index contributed by atoms with van der Waals surface area (Å²) < 4.78 is 1.27. The number of hydrogen-bond acceptors (Lipinski definition) is 8. The van der Waals surface area contributed by atoms with Crippen molar-refractivity contribution in [2.45, 2.75) is 6.92 Å². The molecule has 0 spiro atoms. The van der Waals surface area contributed by atoms with Crippen LogP contribution in [0.15, 0.2) is 89.5 Å². The predicted octanol–water partition coefficient (Wildman–Crippen LogP) is 5.37. The second kappa shape index (κ2) is 9.44. The summed E-state index contributed by atoms with van der Waals surface area (Å²) in [6.07, 6.45) is 4.39. The fourth-order valence-electron chi connectivity index (χ4n) is 3.69. The predicted molar refractivity (Wildman–Crippen MR) is 133 cm³/mol. The van der Waals surface area contributed by atoms with Crippen molar-refractivity contribution in [2.75, 3.05) is 5.32 Å². The van der Waals surface area contributed by atoms with Gasteiger partial charge in [-0.3, -0.25) is 4.79 Å². The third-order valence-electron chi connectivity index (χ3n) is 5.48. The molecule has 10 heteroatoms. The Hall–Kier alpha value is -5.43. The lowest BCUT2D eigenvalue weighted by Crippen LogP contribution is -2.13. The number of carbonyl (C=O) groups excluding carboxylic acids is 1. The van der Waals surface area contributed by atoms with Crippen LogP contribution in [0.1, 0.15) is 21.5 Å². The Kier molecular flexibility index (Phi) is 5.86. The van der Waals surface area contributed by atoms with E-state index in [0.717, 1.165) is 5.56 Å². The molecule has 3 aromatic carbocycles. The number of phenols is 1. The Morgan fingerprint density at radius 1 is 1.06 bits per heavy atom. The normalized spacial score (nSPS) is 11.0. The van der Waals surface area contributed by atoms with Crippen LogP contribution in [0.5, 0.6) is 5.75 Å². The monoisotopic (exact) mass is 474 g/mol. The fraction of sp³-hybridized carbons (Fsp3) is 0.0385. The number of nitriles is 1. The van der Waals surface area contributed by atoms with Crippen LogP contribution >= 0.6 is 0 Å². The fourth-order valence-corrected chi connectivity index (χ4v) is 3.69. The number of fused-ring (bicyclic) bond motifs is 1. The number of para-hydroxylation sites is 1. The number of benzene rings is 3. The van der Waals surface area contributed by atoms with Gasteiger partial charge in [0.15, 0.2) is 11.6 Å². The molecule has 0 aliphatic rings. The first-order valence-electron chi connectivity index (χ1n) is 10.9. The van der Waals surface area contributed by atoms with Gasteiger partial charge in [0, 0.05) is 18.1 Å². The van der Waals surface area contributed by atoms with Gasteiger partial charge in [0.2, 0.25) is 0 Å². The molecule has 0 bridgehead atoms. The molecule has 0 aliphatic heterocycles. The number of carbonyl (C=O) groups is 1. The van der Waals surface area contributed by atoms with Gasteiger partial charge in [0.1, 0.15) is 17.3 Å². The van der Waals surface area contributed by atoms with Crippen LogP contribution in [0.4, 0.5) is 17.2 Å². The molecule has 0 radical (unpaired) electrons. The number of nitrogens with one attached hydrogen (secondary N) is 1. The van der Waals surface area contributed by atoms with E-state index in [1.54, 1.807) is 36.4 Å². The third-order valence-corrected chi connectivity index (χ3v) is 5.48. The van der Waals surface area contributed by atoms with Crippen LogP contribution < -0.4 is 5.32 Å². The maximum atomic E-state index is 13.3. The number of phenolic OH excluding ortho intramolecular Hbond substituents is 1. The van der Waals surface area contributed by atoms with E-state index in [1.807, 2.05) is 37.3 Å². The van der Waals surface area contributed by atoms with Gasteiger partial charge < -0.3 is 10.4 Å². The smallest absolute Gasteiger partial charge is 0.260 e. The number of aromatic nitrogens is 4. The van der Waals surface area contributed by atoms with Crippen LogP contribution in [-0.2, 0) is 0 Å². The minimum absolute atomic E-state index is 0.0502. The number of anilines is 1. The van der Waals surface area contributed by atoms with Crippen molar-refractivity contribution in [3.63, 3.8) is 0 Å². The van der Waals surface area contributed by atoms with Crippen LogP contribution in [0.3, 0.4) is 0 Å². The molecule has 5 aromatic rings. The van der Waals surface area contributed by atoms with Crippen molar-refractivity contribution in [3.8, 4) is 17.8 Å². The maximum absolute atomic E-state index is 13.3. The van der Waals surface area contributed by atoms with Gasteiger partial charge in [0.05, 0.1) is 11.8 Å². The van der Waals surface area contributed by atoms with Crippen molar-refractivity contribution in [1.29, 1.82) is 5.26 Å². The van der Waals surface area contributed by atoms with E-state index < -0.39 is 5.91 Å². The van der Waals surface area contributed by atoms with Crippen molar-refractivity contribution < 1.29 is 9.90 Å². The number of aryl methyl sites for hydroxylation is 1. The van der Waals surface area contributed by atoms with Crippen molar-refractivity contribution in [1.82, 2.24) is 19.7 Å². The number of amides is 1. The summed E-state index contributed by atoms with van der Waals surface area (Å²) in [6, 6.07) is 19.8. The highest BCUT2D eigenvalue weighted by molar-refractivity contribution is 6.16. The second-order valence-electron chi connectivity index (χ2n) is 7.76. The molecule has 0 saturated carbocycles. The highest BCUT2D eigenvalue weighted by atomic mass is 16.3. The van der Waals surface area contributed by atoms with E-state index in [1.165, 1.54) is 23.3 Å². The Morgan fingerprint density at radius 2 is 1.81 bits per heavy atom. The summed E-state index contributed by atoms with van der Waals surface area (Å²) in [6.45, 7) is 1.88. The molecule has 0 atom stereocenters. The second-order valence-corrected chi connectivity index (χ2v) is 7.76. The van der Waals surface area contributed by atoms with Crippen molar-refractivity contribution >= 4 is 33.9 Å². The molecule has 0 fully saturated rings. The largest absolute Gasteiger partial charge is 0.505 e. The number of hydrogen-bond donors (Lipinski definition) is 2. The van der Waals surface area contributed by atoms with Gasteiger partial charge in [-0.15, -0.1) is 10.2 Å². The molecule has 0 aliphatic carbocycles. The Balaban J connectivity index is 1.60. The van der Waals surface area contributed by atoms with Crippen LogP contribution in [0.2, 0.25) is 0 Å². The van der Waals surface area contributed by atoms with Gasteiger partial charge >= 0.3 is 0 Å². The first-order valence-corrected chi connectivity index (χ1v) is 10.9. The highest BCUT2D eigenvalue weighted by Gasteiger charge is 2.21. The number of rotatable bonds is 5. The van der Waals surface area contributed by atoms with Crippen LogP contribution in [-0.4, -0.2) is 30.8 Å². The Labute approximate surface area is 205 Å². The minimum Gasteiger partial charge on any atom is -0.505 e. The highest BCUT2D eigenvalue weighted by Crippen LogP contribution is 2.38. The van der Waals surface area contributed by atoms with Gasteiger partial charge in [-0.2, -0.15) is 15.0 Å². The zero-order valence-corrected chi connectivity index (χ0v) is 19.0. The summed E-state index contributed by atoms with van der Waals surface area (Å²) in [5.41, 5.74) is 1.76. The SMILES string of the molecule is Cc1ccccc1NC(=O)c1c(O)c(N=Nc2c(C#N)cnn2-c2ncccn2)cc2ccccc12. The van der Waals surface area contributed by atoms with E-state index in [2.05, 4.69) is 30.6 Å². The Morgan fingerprint density at radius 3 is 2.58 bits per heavy atom. The summed E-state index contributed by atoms with van der Waals surface area (Å²) in [5.74, 6) is -0.546. The molecule has 5 rings (SSSR count). The van der Waals surface area contributed by atoms with Crippen molar-refractivity contribution in [2.24, 2.45) is 10.2 Å². The molecular formula is C26H18N8O2. The van der Waals surface area contributed by atoms with E-state index in [4.69, 9.17) is 0 Å². The number of nitrogens with zero attached hydrogens (tertiary/aromatic N) is 7. The van der Waals surface area contributed by atoms with Crippen molar-refractivity contribution in [3.05, 3.63) is 95.9 Å². The molecule has 36 heavy (non-hydrogen) atoms. The topological polar surface area (TPSA) is 141 Å². The lowest BCUT2D eigenvalue weighted by molar-refractivity contribution is 0.102. The molecule has 10 nitrogen and oxygen atoms in total.